The van der Waals surface area contributed by atoms with Gasteiger partial charge in [0.15, 0.2) is 11.5 Å². The first-order valence-corrected chi connectivity index (χ1v) is 8.12. The molecule has 1 heterocycles. The Morgan fingerprint density at radius 1 is 0.960 bits per heavy atom. The molecule has 3 aromatic rings. The van der Waals surface area contributed by atoms with E-state index in [-0.39, 0.29) is 5.82 Å². The normalized spacial score (nSPS) is 10.7. The summed E-state index contributed by atoms with van der Waals surface area (Å²) >= 11 is 0. The van der Waals surface area contributed by atoms with Gasteiger partial charge in [-0.15, -0.1) is 0 Å². The molecule has 0 amide bonds. The van der Waals surface area contributed by atoms with Crippen LogP contribution in [-0.2, 0) is 13.0 Å². The zero-order chi connectivity index (χ0) is 17.8. The third-order valence-corrected chi connectivity index (χ3v) is 4.18. The summed E-state index contributed by atoms with van der Waals surface area (Å²) in [5.41, 5.74) is 3.98. The molecule has 0 aliphatic rings. The Balaban J connectivity index is 1.74. The Hall–Kier alpha value is -2.82. The van der Waals surface area contributed by atoms with Gasteiger partial charge in [-0.1, -0.05) is 6.07 Å². The molecule has 0 N–H and O–H groups in total. The van der Waals surface area contributed by atoms with Crippen molar-refractivity contribution in [3.05, 3.63) is 65.6 Å². The Morgan fingerprint density at radius 3 is 2.36 bits per heavy atom. The van der Waals surface area contributed by atoms with Crippen molar-refractivity contribution >= 4 is 0 Å². The maximum absolute atomic E-state index is 13.1. The summed E-state index contributed by atoms with van der Waals surface area (Å²) in [6.07, 6.45) is 0.825. The molecule has 2 aromatic carbocycles. The number of hydrogen-bond acceptors (Lipinski definition) is 3. The first kappa shape index (κ1) is 17.0. The predicted octanol–water partition coefficient (Wildman–Crippen LogP) is 4.26. The molecule has 25 heavy (non-hydrogen) atoms. The Morgan fingerprint density at radius 2 is 1.68 bits per heavy atom. The fourth-order valence-electron chi connectivity index (χ4n) is 2.77. The molecule has 130 valence electrons. The fraction of sp³-hybridized carbons (Fsp3) is 0.250. The van der Waals surface area contributed by atoms with Crippen molar-refractivity contribution < 1.29 is 13.9 Å². The van der Waals surface area contributed by atoms with Crippen LogP contribution in [0, 0.1) is 12.7 Å². The molecule has 0 fully saturated rings. The zero-order valence-electron chi connectivity index (χ0n) is 14.6. The van der Waals surface area contributed by atoms with Gasteiger partial charge in [0.05, 0.1) is 19.9 Å². The number of halogens is 1. The number of methoxy groups -OCH3 is 2. The van der Waals surface area contributed by atoms with E-state index in [1.165, 1.54) is 12.1 Å². The number of benzene rings is 2. The lowest BCUT2D eigenvalue weighted by Gasteiger charge is -2.10. The molecule has 0 saturated carbocycles. The SMILES string of the molecule is COc1ccc(CCn2nc(-c3ccc(F)cc3)cc2C)cc1OC. The largest absolute Gasteiger partial charge is 0.493 e. The molecule has 0 aliphatic heterocycles. The molecule has 0 aliphatic carbocycles. The van der Waals surface area contributed by atoms with Crippen LogP contribution in [0.1, 0.15) is 11.3 Å². The highest BCUT2D eigenvalue weighted by Crippen LogP contribution is 2.28. The highest BCUT2D eigenvalue weighted by molar-refractivity contribution is 5.59. The van der Waals surface area contributed by atoms with Gasteiger partial charge < -0.3 is 9.47 Å². The summed E-state index contributed by atoms with van der Waals surface area (Å²) in [5, 5.41) is 4.64. The molecular weight excluding hydrogens is 319 g/mol. The molecule has 1 aromatic heterocycles. The van der Waals surface area contributed by atoms with Gasteiger partial charge in [-0.25, -0.2) is 4.39 Å². The highest BCUT2D eigenvalue weighted by atomic mass is 19.1. The predicted molar refractivity (Wildman–Crippen MR) is 95.6 cm³/mol. The van der Waals surface area contributed by atoms with Crippen molar-refractivity contribution in [1.82, 2.24) is 9.78 Å². The van der Waals surface area contributed by atoms with Gasteiger partial charge in [0.25, 0.3) is 0 Å². The van der Waals surface area contributed by atoms with E-state index in [4.69, 9.17) is 9.47 Å². The molecule has 0 unspecified atom stereocenters. The standard InChI is InChI=1S/C20H21FN2O2/c1-14-12-18(16-5-7-17(21)8-6-16)22-23(14)11-10-15-4-9-19(24-2)20(13-15)25-3/h4-9,12-13H,10-11H2,1-3H3. The minimum Gasteiger partial charge on any atom is -0.493 e. The summed E-state index contributed by atoms with van der Waals surface area (Å²) in [5.74, 6) is 1.21. The van der Waals surface area contributed by atoms with Crippen molar-refractivity contribution in [3.63, 3.8) is 0 Å². The second-order valence-corrected chi connectivity index (χ2v) is 5.84. The summed E-state index contributed by atoms with van der Waals surface area (Å²) < 4.78 is 25.6. The van der Waals surface area contributed by atoms with E-state index < -0.39 is 0 Å². The van der Waals surface area contributed by atoms with Crippen LogP contribution in [0.25, 0.3) is 11.3 Å². The maximum atomic E-state index is 13.1. The van der Waals surface area contributed by atoms with Gasteiger partial charge in [-0.05, 0) is 61.4 Å². The second-order valence-electron chi connectivity index (χ2n) is 5.84. The topological polar surface area (TPSA) is 36.3 Å². The van der Waals surface area contributed by atoms with E-state index in [1.807, 2.05) is 35.9 Å². The van der Waals surface area contributed by atoms with Gasteiger partial charge in [-0.2, -0.15) is 5.10 Å². The zero-order valence-corrected chi connectivity index (χ0v) is 14.6. The Labute approximate surface area is 146 Å². The Kier molecular flexibility index (Phi) is 5.03. The molecule has 3 rings (SSSR count). The smallest absolute Gasteiger partial charge is 0.160 e. The minimum atomic E-state index is -0.242. The average molecular weight is 340 g/mol. The van der Waals surface area contributed by atoms with Crippen LogP contribution in [0.4, 0.5) is 4.39 Å². The van der Waals surface area contributed by atoms with E-state index in [0.29, 0.717) is 0 Å². The monoisotopic (exact) mass is 340 g/mol. The number of hydrogen-bond donors (Lipinski definition) is 0. The lowest BCUT2D eigenvalue weighted by atomic mass is 10.1. The van der Waals surface area contributed by atoms with Crippen LogP contribution in [0.15, 0.2) is 48.5 Å². The van der Waals surface area contributed by atoms with Crippen LogP contribution in [0.3, 0.4) is 0 Å². The second kappa shape index (κ2) is 7.38. The van der Waals surface area contributed by atoms with E-state index in [1.54, 1.807) is 26.4 Å². The van der Waals surface area contributed by atoms with Crippen molar-refractivity contribution in [2.75, 3.05) is 14.2 Å². The van der Waals surface area contributed by atoms with Gasteiger partial charge in [0, 0.05) is 17.8 Å². The average Bonchev–Trinajstić information content (AvgIpc) is 3.01. The van der Waals surface area contributed by atoms with Gasteiger partial charge >= 0.3 is 0 Å². The van der Waals surface area contributed by atoms with Crippen LogP contribution >= 0.6 is 0 Å². The van der Waals surface area contributed by atoms with Gasteiger partial charge in [0.1, 0.15) is 5.82 Å². The summed E-state index contributed by atoms with van der Waals surface area (Å²) in [6.45, 7) is 2.77. The van der Waals surface area contributed by atoms with Crippen molar-refractivity contribution in [1.29, 1.82) is 0 Å². The lowest BCUT2D eigenvalue weighted by molar-refractivity contribution is 0.354. The molecule has 0 radical (unpaired) electrons. The molecular formula is C20H21FN2O2. The third kappa shape index (κ3) is 3.82. The number of nitrogens with zero attached hydrogens (tertiary/aromatic N) is 2. The van der Waals surface area contributed by atoms with Crippen molar-refractivity contribution in [3.8, 4) is 22.8 Å². The molecule has 4 nitrogen and oxygen atoms in total. The fourth-order valence-corrected chi connectivity index (χ4v) is 2.77. The number of rotatable bonds is 6. The summed E-state index contributed by atoms with van der Waals surface area (Å²) in [7, 11) is 3.26. The van der Waals surface area contributed by atoms with Crippen LogP contribution < -0.4 is 9.47 Å². The Bertz CT molecular complexity index is 857. The summed E-state index contributed by atoms with van der Waals surface area (Å²) in [4.78, 5) is 0. The molecule has 0 saturated heterocycles. The summed E-state index contributed by atoms with van der Waals surface area (Å²) in [6, 6.07) is 14.3. The minimum absolute atomic E-state index is 0.242. The first-order valence-electron chi connectivity index (χ1n) is 8.12. The van der Waals surface area contributed by atoms with E-state index >= 15 is 0 Å². The van der Waals surface area contributed by atoms with Gasteiger partial charge in [-0.3, -0.25) is 4.68 Å². The molecule has 5 heteroatoms. The van der Waals surface area contributed by atoms with Crippen LogP contribution in [-0.4, -0.2) is 24.0 Å². The van der Waals surface area contributed by atoms with E-state index in [2.05, 4.69) is 5.10 Å². The highest BCUT2D eigenvalue weighted by Gasteiger charge is 2.09. The number of aromatic nitrogens is 2. The molecule has 0 atom stereocenters. The lowest BCUT2D eigenvalue weighted by Crippen LogP contribution is -2.05. The number of aryl methyl sites for hydroxylation is 3. The van der Waals surface area contributed by atoms with Crippen LogP contribution in [0.2, 0.25) is 0 Å². The molecule has 0 bridgehead atoms. The van der Waals surface area contributed by atoms with Crippen molar-refractivity contribution in [2.45, 2.75) is 19.9 Å². The van der Waals surface area contributed by atoms with Gasteiger partial charge in [0.2, 0.25) is 0 Å². The van der Waals surface area contributed by atoms with Crippen molar-refractivity contribution in [2.24, 2.45) is 0 Å². The quantitative estimate of drug-likeness (QED) is 0.673. The van der Waals surface area contributed by atoms with Crippen LogP contribution in [0.5, 0.6) is 11.5 Å². The first-order chi connectivity index (χ1) is 12.1. The van der Waals surface area contributed by atoms with E-state index in [0.717, 1.165) is 47.0 Å². The number of ether oxygens (including phenoxy) is 2. The molecule has 0 spiro atoms. The van der Waals surface area contributed by atoms with E-state index in [9.17, 15) is 4.39 Å². The third-order valence-electron chi connectivity index (χ3n) is 4.18. The maximum Gasteiger partial charge on any atom is 0.160 e.